The number of rotatable bonds is 4. The van der Waals surface area contributed by atoms with Crippen molar-refractivity contribution in [2.45, 2.75) is 58.0 Å². The van der Waals surface area contributed by atoms with Gasteiger partial charge in [-0.1, -0.05) is 26.2 Å². The molecule has 2 rings (SSSR count). The second-order valence-electron chi connectivity index (χ2n) is 6.03. The molecule has 0 aromatic heterocycles. The Morgan fingerprint density at radius 1 is 0.941 bits per heavy atom. The Morgan fingerprint density at radius 2 is 1.53 bits per heavy atom. The molecule has 2 fully saturated rings. The molecule has 0 aromatic rings. The van der Waals surface area contributed by atoms with Crippen molar-refractivity contribution in [3.05, 3.63) is 0 Å². The zero-order chi connectivity index (χ0) is 12.1. The van der Waals surface area contributed by atoms with E-state index in [1.807, 2.05) is 7.11 Å². The molecule has 2 aliphatic rings. The molecule has 0 aromatic carbocycles. The summed E-state index contributed by atoms with van der Waals surface area (Å²) in [5, 5.41) is 0. The maximum Gasteiger partial charge on any atom is 0.0595 e. The summed E-state index contributed by atoms with van der Waals surface area (Å²) in [7, 11) is 1.85. The molecule has 0 bridgehead atoms. The predicted octanol–water partition coefficient (Wildman–Crippen LogP) is 3.31. The molecule has 1 saturated carbocycles. The average molecular weight is 239 g/mol. The highest BCUT2D eigenvalue weighted by atomic mass is 16.5. The van der Waals surface area contributed by atoms with E-state index in [1.54, 1.807) is 0 Å². The Hall–Kier alpha value is -0.0800. The fraction of sp³-hybridized carbons (Fsp3) is 1.00. The molecule has 0 N–H and O–H groups in total. The molecule has 2 nitrogen and oxygen atoms in total. The molecule has 0 radical (unpaired) electrons. The minimum absolute atomic E-state index is 0.530. The summed E-state index contributed by atoms with van der Waals surface area (Å²) >= 11 is 0. The van der Waals surface area contributed by atoms with Gasteiger partial charge in [0.1, 0.15) is 0 Å². The second kappa shape index (κ2) is 6.75. The number of likely N-dealkylation sites (tertiary alicyclic amines) is 1. The molecule has 17 heavy (non-hydrogen) atoms. The maximum absolute atomic E-state index is 5.43. The lowest BCUT2D eigenvalue weighted by Crippen LogP contribution is -2.40. The van der Waals surface area contributed by atoms with E-state index in [1.165, 1.54) is 64.6 Å². The average Bonchev–Trinajstić information content (AvgIpc) is 2.40. The topological polar surface area (TPSA) is 12.5 Å². The van der Waals surface area contributed by atoms with Crippen LogP contribution < -0.4 is 0 Å². The first-order valence-corrected chi connectivity index (χ1v) is 7.57. The zero-order valence-electron chi connectivity index (χ0n) is 11.7. The highest BCUT2D eigenvalue weighted by Crippen LogP contribution is 2.31. The summed E-state index contributed by atoms with van der Waals surface area (Å²) in [4.78, 5) is 2.67. The lowest BCUT2D eigenvalue weighted by Gasteiger charge is -2.36. The largest absolute Gasteiger partial charge is 0.381 e. The quantitative estimate of drug-likeness (QED) is 0.746. The van der Waals surface area contributed by atoms with E-state index >= 15 is 0 Å². The summed E-state index contributed by atoms with van der Waals surface area (Å²) in [6.07, 6.45) is 10.3. The summed E-state index contributed by atoms with van der Waals surface area (Å²) < 4.78 is 5.43. The van der Waals surface area contributed by atoms with Crippen molar-refractivity contribution in [3.63, 3.8) is 0 Å². The lowest BCUT2D eigenvalue weighted by atomic mass is 9.80. The van der Waals surface area contributed by atoms with Crippen LogP contribution in [0.4, 0.5) is 0 Å². The molecular formula is C15H29NO. The number of piperidine rings is 1. The van der Waals surface area contributed by atoms with Gasteiger partial charge in [-0.25, -0.2) is 0 Å². The molecule has 2 heteroatoms. The van der Waals surface area contributed by atoms with Crippen LogP contribution in [0.5, 0.6) is 0 Å². The number of methoxy groups -OCH3 is 1. The fourth-order valence-corrected chi connectivity index (χ4v) is 3.52. The molecule has 1 saturated heterocycles. The Bertz CT molecular complexity index is 181. The highest BCUT2D eigenvalue weighted by molar-refractivity contribution is 4.78. The van der Waals surface area contributed by atoms with Crippen LogP contribution in [0, 0.1) is 11.8 Å². The van der Waals surface area contributed by atoms with Crippen LogP contribution in [0.3, 0.4) is 0 Å². The van der Waals surface area contributed by atoms with E-state index in [0.29, 0.717) is 6.10 Å². The minimum atomic E-state index is 0.530. The molecule has 0 spiro atoms. The molecule has 1 heterocycles. The SMILES string of the molecule is CCC1CCC(CN2CCC(OC)CC2)CC1. The van der Waals surface area contributed by atoms with Crippen molar-refractivity contribution in [3.8, 4) is 0 Å². The summed E-state index contributed by atoms with van der Waals surface area (Å²) in [5.74, 6) is 2.02. The van der Waals surface area contributed by atoms with Crippen LogP contribution in [0.15, 0.2) is 0 Å². The van der Waals surface area contributed by atoms with E-state index in [0.717, 1.165) is 11.8 Å². The van der Waals surface area contributed by atoms with Gasteiger partial charge in [0, 0.05) is 26.7 Å². The Morgan fingerprint density at radius 3 is 2.06 bits per heavy atom. The third kappa shape index (κ3) is 3.96. The normalized spacial score (nSPS) is 32.8. The van der Waals surface area contributed by atoms with E-state index in [9.17, 15) is 0 Å². The van der Waals surface area contributed by atoms with Crippen molar-refractivity contribution in [2.75, 3.05) is 26.7 Å². The number of nitrogens with zero attached hydrogens (tertiary/aromatic N) is 1. The summed E-state index contributed by atoms with van der Waals surface area (Å²) in [6, 6.07) is 0. The van der Waals surface area contributed by atoms with Gasteiger partial charge in [0.25, 0.3) is 0 Å². The van der Waals surface area contributed by atoms with Crippen LogP contribution >= 0.6 is 0 Å². The van der Waals surface area contributed by atoms with Crippen LogP contribution in [0.2, 0.25) is 0 Å². The number of ether oxygens (including phenoxy) is 1. The van der Waals surface area contributed by atoms with Gasteiger partial charge >= 0.3 is 0 Å². The van der Waals surface area contributed by atoms with Crippen LogP contribution in [0.25, 0.3) is 0 Å². The smallest absolute Gasteiger partial charge is 0.0595 e. The molecule has 1 aliphatic carbocycles. The first-order valence-electron chi connectivity index (χ1n) is 7.57. The molecule has 0 unspecified atom stereocenters. The third-order valence-corrected chi connectivity index (χ3v) is 4.93. The van der Waals surface area contributed by atoms with Gasteiger partial charge in [0.2, 0.25) is 0 Å². The Balaban J connectivity index is 1.65. The van der Waals surface area contributed by atoms with E-state index in [-0.39, 0.29) is 0 Å². The van der Waals surface area contributed by atoms with Gasteiger partial charge in [-0.15, -0.1) is 0 Å². The van der Waals surface area contributed by atoms with Gasteiger partial charge in [-0.05, 0) is 37.5 Å². The van der Waals surface area contributed by atoms with Gasteiger partial charge < -0.3 is 9.64 Å². The molecule has 0 amide bonds. The maximum atomic E-state index is 5.43. The van der Waals surface area contributed by atoms with Crippen LogP contribution in [-0.4, -0.2) is 37.7 Å². The Labute approximate surface area is 107 Å². The summed E-state index contributed by atoms with van der Waals surface area (Å²) in [5.41, 5.74) is 0. The highest BCUT2D eigenvalue weighted by Gasteiger charge is 2.24. The zero-order valence-corrected chi connectivity index (χ0v) is 11.7. The van der Waals surface area contributed by atoms with E-state index in [2.05, 4.69) is 11.8 Å². The van der Waals surface area contributed by atoms with Gasteiger partial charge in [-0.3, -0.25) is 0 Å². The van der Waals surface area contributed by atoms with Gasteiger partial charge in [0.05, 0.1) is 6.10 Å². The number of hydrogen-bond donors (Lipinski definition) is 0. The van der Waals surface area contributed by atoms with Gasteiger partial charge in [-0.2, -0.15) is 0 Å². The van der Waals surface area contributed by atoms with Crippen molar-refractivity contribution in [2.24, 2.45) is 11.8 Å². The summed E-state index contributed by atoms with van der Waals surface area (Å²) in [6.45, 7) is 6.21. The van der Waals surface area contributed by atoms with Crippen molar-refractivity contribution in [1.82, 2.24) is 4.90 Å². The Kier molecular flexibility index (Phi) is 5.30. The standard InChI is InChI=1S/C15H29NO/c1-3-13-4-6-14(7-5-13)12-16-10-8-15(17-2)9-11-16/h13-15H,3-12H2,1-2H3. The van der Waals surface area contributed by atoms with E-state index < -0.39 is 0 Å². The predicted molar refractivity (Wildman–Crippen MR) is 72.2 cm³/mol. The first kappa shape index (κ1) is 13.4. The molecular weight excluding hydrogens is 210 g/mol. The first-order chi connectivity index (χ1) is 8.31. The fourth-order valence-electron chi connectivity index (χ4n) is 3.52. The van der Waals surface area contributed by atoms with Crippen molar-refractivity contribution < 1.29 is 4.74 Å². The minimum Gasteiger partial charge on any atom is -0.381 e. The van der Waals surface area contributed by atoms with E-state index in [4.69, 9.17) is 4.74 Å². The number of hydrogen-bond acceptors (Lipinski definition) is 2. The van der Waals surface area contributed by atoms with Crippen LogP contribution in [0.1, 0.15) is 51.9 Å². The van der Waals surface area contributed by atoms with Crippen LogP contribution in [-0.2, 0) is 4.74 Å². The second-order valence-corrected chi connectivity index (χ2v) is 6.03. The third-order valence-electron chi connectivity index (χ3n) is 4.93. The monoisotopic (exact) mass is 239 g/mol. The molecule has 1 aliphatic heterocycles. The van der Waals surface area contributed by atoms with Crippen molar-refractivity contribution in [1.29, 1.82) is 0 Å². The van der Waals surface area contributed by atoms with Crippen molar-refractivity contribution >= 4 is 0 Å². The van der Waals surface area contributed by atoms with Gasteiger partial charge in [0.15, 0.2) is 0 Å². The lowest BCUT2D eigenvalue weighted by molar-refractivity contribution is 0.0336. The molecule has 100 valence electrons. The molecule has 0 atom stereocenters.